The first-order valence-electron chi connectivity index (χ1n) is 9.32. The first-order valence-corrected chi connectivity index (χ1v) is 9.32. The van der Waals surface area contributed by atoms with E-state index in [9.17, 15) is 0 Å². The summed E-state index contributed by atoms with van der Waals surface area (Å²) in [5.41, 5.74) is 3.85. The summed E-state index contributed by atoms with van der Waals surface area (Å²) in [6.45, 7) is 2.24. The Hall–Kier alpha value is -2.54. The maximum absolute atomic E-state index is 6.40. The topological polar surface area (TPSA) is 13.1 Å². The maximum atomic E-state index is 6.40. The highest BCUT2D eigenvalue weighted by Crippen LogP contribution is 2.33. The molecule has 126 valence electrons. The van der Waals surface area contributed by atoms with Crippen molar-refractivity contribution >= 4 is 21.7 Å². The molecule has 4 aromatic rings. The largest absolute Gasteiger partial charge is 0.460 e. The van der Waals surface area contributed by atoms with Crippen molar-refractivity contribution in [1.29, 1.82) is 0 Å². The SMILES string of the molecule is CCCCc1oc2c(ccc3ccccc32)c1CCc1ccccc1. The Kier molecular flexibility index (Phi) is 4.56. The Labute approximate surface area is 149 Å². The van der Waals surface area contributed by atoms with Gasteiger partial charge in [-0.25, -0.2) is 0 Å². The lowest BCUT2D eigenvalue weighted by atomic mass is 9.98. The van der Waals surface area contributed by atoms with Crippen molar-refractivity contribution in [3.05, 3.63) is 83.6 Å². The van der Waals surface area contributed by atoms with Crippen LogP contribution in [-0.4, -0.2) is 0 Å². The number of rotatable bonds is 6. The lowest BCUT2D eigenvalue weighted by Crippen LogP contribution is -1.95. The van der Waals surface area contributed by atoms with Gasteiger partial charge in [-0.3, -0.25) is 0 Å². The van der Waals surface area contributed by atoms with E-state index in [-0.39, 0.29) is 0 Å². The van der Waals surface area contributed by atoms with Crippen molar-refractivity contribution in [1.82, 2.24) is 0 Å². The normalized spacial score (nSPS) is 11.4. The van der Waals surface area contributed by atoms with E-state index >= 15 is 0 Å². The summed E-state index contributed by atoms with van der Waals surface area (Å²) in [5, 5.41) is 3.77. The van der Waals surface area contributed by atoms with Gasteiger partial charge in [0.25, 0.3) is 0 Å². The van der Waals surface area contributed by atoms with Gasteiger partial charge >= 0.3 is 0 Å². The van der Waals surface area contributed by atoms with E-state index in [0.717, 1.165) is 24.8 Å². The molecule has 0 aliphatic heterocycles. The Morgan fingerprint density at radius 2 is 1.52 bits per heavy atom. The number of furan rings is 1. The van der Waals surface area contributed by atoms with E-state index in [1.54, 1.807) is 0 Å². The summed E-state index contributed by atoms with van der Waals surface area (Å²) in [6.07, 6.45) is 5.49. The Balaban J connectivity index is 1.77. The van der Waals surface area contributed by atoms with Crippen LogP contribution in [0.1, 0.15) is 36.7 Å². The van der Waals surface area contributed by atoms with Crippen LogP contribution in [0, 0.1) is 0 Å². The van der Waals surface area contributed by atoms with Gasteiger partial charge in [0.15, 0.2) is 0 Å². The van der Waals surface area contributed by atoms with Crippen molar-refractivity contribution in [2.24, 2.45) is 0 Å². The summed E-state index contributed by atoms with van der Waals surface area (Å²) in [5.74, 6) is 1.18. The van der Waals surface area contributed by atoms with Crippen LogP contribution in [0.4, 0.5) is 0 Å². The second-order valence-electron chi connectivity index (χ2n) is 6.76. The summed E-state index contributed by atoms with van der Waals surface area (Å²) in [6, 6.07) is 23.7. The third-order valence-corrected chi connectivity index (χ3v) is 5.03. The highest BCUT2D eigenvalue weighted by Gasteiger charge is 2.15. The molecule has 25 heavy (non-hydrogen) atoms. The standard InChI is InChI=1S/C24H24O/c1-2-3-13-23-21(16-14-18-9-5-4-6-10-18)22-17-15-19-11-7-8-12-20(19)24(22)25-23/h4-12,15,17H,2-3,13-14,16H2,1H3. The summed E-state index contributed by atoms with van der Waals surface area (Å²) >= 11 is 0. The number of aryl methyl sites for hydroxylation is 3. The first-order chi connectivity index (χ1) is 12.4. The molecule has 0 radical (unpaired) electrons. The summed E-state index contributed by atoms with van der Waals surface area (Å²) in [7, 11) is 0. The Morgan fingerprint density at radius 1 is 0.720 bits per heavy atom. The number of hydrogen-bond acceptors (Lipinski definition) is 1. The smallest absolute Gasteiger partial charge is 0.142 e. The fourth-order valence-electron chi connectivity index (χ4n) is 3.65. The molecule has 1 aromatic heterocycles. The van der Waals surface area contributed by atoms with Crippen molar-refractivity contribution in [3.8, 4) is 0 Å². The first kappa shape index (κ1) is 16.0. The minimum atomic E-state index is 1.03. The predicted molar refractivity (Wildman–Crippen MR) is 106 cm³/mol. The van der Waals surface area contributed by atoms with E-state index < -0.39 is 0 Å². The van der Waals surface area contributed by atoms with Gasteiger partial charge in [0.05, 0.1) is 0 Å². The molecule has 0 amide bonds. The van der Waals surface area contributed by atoms with E-state index in [1.165, 1.54) is 45.9 Å². The zero-order valence-electron chi connectivity index (χ0n) is 14.8. The van der Waals surface area contributed by atoms with E-state index in [1.807, 2.05) is 0 Å². The molecule has 3 aromatic carbocycles. The minimum absolute atomic E-state index is 1.03. The molecule has 0 aliphatic carbocycles. The fraction of sp³-hybridized carbons (Fsp3) is 0.250. The molecule has 0 spiro atoms. The predicted octanol–water partition coefficient (Wildman–Crippen LogP) is 6.71. The molecule has 0 fully saturated rings. The van der Waals surface area contributed by atoms with Gasteiger partial charge < -0.3 is 4.42 Å². The molecule has 0 aliphatic rings. The lowest BCUT2D eigenvalue weighted by Gasteiger charge is -2.04. The molecule has 1 nitrogen and oxygen atoms in total. The average molecular weight is 328 g/mol. The molecular weight excluding hydrogens is 304 g/mol. The van der Waals surface area contributed by atoms with Gasteiger partial charge in [-0.1, -0.05) is 80.1 Å². The van der Waals surface area contributed by atoms with Crippen LogP contribution in [0.3, 0.4) is 0 Å². The highest BCUT2D eigenvalue weighted by atomic mass is 16.3. The zero-order valence-corrected chi connectivity index (χ0v) is 14.8. The molecule has 4 rings (SSSR count). The molecule has 0 saturated carbocycles. The van der Waals surface area contributed by atoms with Crippen LogP contribution in [0.15, 0.2) is 71.1 Å². The number of fused-ring (bicyclic) bond motifs is 3. The van der Waals surface area contributed by atoms with Gasteiger partial charge in [-0.05, 0) is 30.2 Å². The quantitative estimate of drug-likeness (QED) is 0.383. The van der Waals surface area contributed by atoms with Crippen LogP contribution in [0.5, 0.6) is 0 Å². The van der Waals surface area contributed by atoms with Crippen molar-refractivity contribution < 1.29 is 4.42 Å². The van der Waals surface area contributed by atoms with Crippen LogP contribution in [0.2, 0.25) is 0 Å². The second-order valence-corrected chi connectivity index (χ2v) is 6.76. The Morgan fingerprint density at radius 3 is 2.36 bits per heavy atom. The molecule has 0 N–H and O–H groups in total. The van der Waals surface area contributed by atoms with E-state index in [2.05, 4.69) is 73.7 Å². The zero-order chi connectivity index (χ0) is 17.1. The highest BCUT2D eigenvalue weighted by molar-refractivity contribution is 6.05. The summed E-state index contributed by atoms with van der Waals surface area (Å²) in [4.78, 5) is 0. The van der Waals surface area contributed by atoms with Crippen LogP contribution in [0.25, 0.3) is 21.7 Å². The number of hydrogen-bond donors (Lipinski definition) is 0. The average Bonchev–Trinajstić information content (AvgIpc) is 3.03. The fourth-order valence-corrected chi connectivity index (χ4v) is 3.65. The number of unbranched alkanes of at least 4 members (excludes halogenated alkanes) is 1. The van der Waals surface area contributed by atoms with E-state index in [0.29, 0.717) is 0 Å². The van der Waals surface area contributed by atoms with Crippen molar-refractivity contribution in [3.63, 3.8) is 0 Å². The monoisotopic (exact) mass is 328 g/mol. The van der Waals surface area contributed by atoms with E-state index in [4.69, 9.17) is 4.42 Å². The van der Waals surface area contributed by atoms with Gasteiger partial charge in [0.2, 0.25) is 0 Å². The molecule has 0 saturated heterocycles. The molecule has 1 heterocycles. The molecule has 1 heteroatoms. The van der Waals surface area contributed by atoms with Crippen molar-refractivity contribution in [2.75, 3.05) is 0 Å². The van der Waals surface area contributed by atoms with Crippen LogP contribution in [-0.2, 0) is 19.3 Å². The lowest BCUT2D eigenvalue weighted by molar-refractivity contribution is 0.531. The van der Waals surface area contributed by atoms with Crippen molar-refractivity contribution in [2.45, 2.75) is 39.0 Å². The van der Waals surface area contributed by atoms with Gasteiger partial charge in [-0.2, -0.15) is 0 Å². The minimum Gasteiger partial charge on any atom is -0.460 e. The maximum Gasteiger partial charge on any atom is 0.142 e. The van der Waals surface area contributed by atoms with Crippen LogP contribution >= 0.6 is 0 Å². The third kappa shape index (κ3) is 3.19. The van der Waals surface area contributed by atoms with Crippen LogP contribution < -0.4 is 0 Å². The second kappa shape index (κ2) is 7.14. The van der Waals surface area contributed by atoms with Gasteiger partial charge in [0, 0.05) is 22.8 Å². The molecular formula is C24H24O. The molecule has 0 atom stereocenters. The van der Waals surface area contributed by atoms with Gasteiger partial charge in [-0.15, -0.1) is 0 Å². The molecule has 0 unspecified atom stereocenters. The third-order valence-electron chi connectivity index (χ3n) is 5.03. The Bertz CT molecular complexity index is 979. The number of benzene rings is 3. The molecule has 0 bridgehead atoms. The van der Waals surface area contributed by atoms with Gasteiger partial charge in [0.1, 0.15) is 11.3 Å². The summed E-state index contributed by atoms with van der Waals surface area (Å²) < 4.78 is 6.40.